The normalized spacial score (nSPS) is 10.6. The van der Waals surface area contributed by atoms with Gasteiger partial charge in [0.05, 0.1) is 12.5 Å². The number of amides is 2. The number of aryl methyl sites for hydroxylation is 1. The van der Waals surface area contributed by atoms with E-state index in [0.29, 0.717) is 34.1 Å². The summed E-state index contributed by atoms with van der Waals surface area (Å²) in [6.45, 7) is 0. The van der Waals surface area contributed by atoms with Gasteiger partial charge in [-0.2, -0.15) is 5.10 Å². The lowest BCUT2D eigenvalue weighted by atomic mass is 10.2. The lowest BCUT2D eigenvalue weighted by molar-refractivity contribution is 0.262. The van der Waals surface area contributed by atoms with E-state index in [1.807, 2.05) is 30.3 Å². The van der Waals surface area contributed by atoms with Crippen LogP contribution in [0.15, 0.2) is 60.8 Å². The van der Waals surface area contributed by atoms with Crippen molar-refractivity contribution in [3.05, 3.63) is 60.8 Å². The van der Waals surface area contributed by atoms with Crippen LogP contribution in [0.1, 0.15) is 0 Å². The highest BCUT2D eigenvalue weighted by Gasteiger charge is 2.14. The summed E-state index contributed by atoms with van der Waals surface area (Å²) in [6, 6.07) is 16.2. The highest BCUT2D eigenvalue weighted by molar-refractivity contribution is 6.04. The van der Waals surface area contributed by atoms with E-state index in [2.05, 4.69) is 25.7 Å². The predicted molar refractivity (Wildman–Crippen MR) is 107 cm³/mol. The van der Waals surface area contributed by atoms with Gasteiger partial charge in [0.2, 0.25) is 0 Å². The Labute approximate surface area is 161 Å². The summed E-state index contributed by atoms with van der Waals surface area (Å²) in [5.41, 5.74) is 1.99. The van der Waals surface area contributed by atoms with Gasteiger partial charge in [-0.15, -0.1) is 0 Å². The van der Waals surface area contributed by atoms with E-state index in [4.69, 9.17) is 4.74 Å². The van der Waals surface area contributed by atoms with Gasteiger partial charge in [-0.3, -0.25) is 10.00 Å². The van der Waals surface area contributed by atoms with Crippen molar-refractivity contribution < 1.29 is 9.53 Å². The highest BCUT2D eigenvalue weighted by Crippen LogP contribution is 2.24. The standard InChI is InChI=1S/C20H18N6O2/c1-26-12-16-18(24-20(27)21-14-8-10-15(28-2)11-9-14)22-17(23-19(16)25-26)13-6-4-3-5-7-13/h3-12H,1-2H3,(H2,21,22,23,24,25,27). The number of ether oxygens (including phenoxy) is 1. The third kappa shape index (κ3) is 3.61. The first kappa shape index (κ1) is 17.5. The maximum Gasteiger partial charge on any atom is 0.324 e. The summed E-state index contributed by atoms with van der Waals surface area (Å²) in [7, 11) is 3.39. The summed E-state index contributed by atoms with van der Waals surface area (Å²) in [5, 5.41) is 10.6. The van der Waals surface area contributed by atoms with Crippen LogP contribution in [0, 0.1) is 0 Å². The summed E-state index contributed by atoms with van der Waals surface area (Å²) >= 11 is 0. The fraction of sp³-hybridized carbons (Fsp3) is 0.100. The topological polar surface area (TPSA) is 94.0 Å². The first-order valence-electron chi connectivity index (χ1n) is 8.61. The van der Waals surface area contributed by atoms with Crippen LogP contribution in [0.5, 0.6) is 5.75 Å². The van der Waals surface area contributed by atoms with Crippen LogP contribution in [0.4, 0.5) is 16.3 Å². The largest absolute Gasteiger partial charge is 0.497 e. The van der Waals surface area contributed by atoms with Crippen molar-refractivity contribution in [1.82, 2.24) is 19.7 Å². The molecule has 2 aromatic heterocycles. The number of aromatic nitrogens is 4. The van der Waals surface area contributed by atoms with Gasteiger partial charge in [-0.05, 0) is 24.3 Å². The fourth-order valence-corrected chi connectivity index (χ4v) is 2.77. The number of fused-ring (bicyclic) bond motifs is 1. The van der Waals surface area contributed by atoms with Crippen LogP contribution < -0.4 is 15.4 Å². The van der Waals surface area contributed by atoms with E-state index in [0.717, 1.165) is 5.56 Å². The summed E-state index contributed by atoms with van der Waals surface area (Å²) in [5.74, 6) is 1.60. The second kappa shape index (κ2) is 7.36. The maximum absolute atomic E-state index is 12.5. The fourth-order valence-electron chi connectivity index (χ4n) is 2.77. The molecule has 140 valence electrons. The molecule has 0 bridgehead atoms. The van der Waals surface area contributed by atoms with Gasteiger partial charge in [0.1, 0.15) is 11.6 Å². The second-order valence-electron chi connectivity index (χ2n) is 6.11. The molecule has 0 aliphatic carbocycles. The van der Waals surface area contributed by atoms with Gasteiger partial charge in [-0.25, -0.2) is 14.8 Å². The summed E-state index contributed by atoms with van der Waals surface area (Å²) in [4.78, 5) is 21.5. The van der Waals surface area contributed by atoms with E-state index >= 15 is 0 Å². The average molecular weight is 374 g/mol. The van der Waals surface area contributed by atoms with Gasteiger partial charge >= 0.3 is 6.03 Å². The third-order valence-electron chi connectivity index (χ3n) is 4.11. The monoisotopic (exact) mass is 374 g/mol. The quantitative estimate of drug-likeness (QED) is 0.568. The number of nitrogens with one attached hydrogen (secondary N) is 2. The van der Waals surface area contributed by atoms with Gasteiger partial charge in [0.15, 0.2) is 11.5 Å². The number of rotatable bonds is 4. The lowest BCUT2D eigenvalue weighted by Gasteiger charge is -2.09. The predicted octanol–water partition coefficient (Wildman–Crippen LogP) is 3.68. The molecule has 4 aromatic rings. The SMILES string of the molecule is COc1ccc(NC(=O)Nc2nc(-c3ccccc3)nc3nn(C)cc23)cc1. The van der Waals surface area contributed by atoms with E-state index in [1.54, 1.807) is 49.3 Å². The van der Waals surface area contributed by atoms with Crippen LogP contribution in [-0.4, -0.2) is 32.9 Å². The number of carbonyl (C=O) groups is 1. The molecule has 0 aliphatic heterocycles. The van der Waals surface area contributed by atoms with E-state index in [1.165, 1.54) is 0 Å². The molecule has 0 spiro atoms. The molecule has 2 aromatic carbocycles. The molecule has 0 unspecified atom stereocenters. The zero-order valence-electron chi connectivity index (χ0n) is 15.4. The molecule has 0 atom stereocenters. The molecule has 0 saturated heterocycles. The van der Waals surface area contributed by atoms with Gasteiger partial charge in [-0.1, -0.05) is 30.3 Å². The molecule has 0 saturated carbocycles. The number of anilines is 2. The van der Waals surface area contributed by atoms with Crippen LogP contribution >= 0.6 is 0 Å². The molecule has 8 heteroatoms. The Bertz CT molecular complexity index is 1120. The van der Waals surface area contributed by atoms with Crippen molar-refractivity contribution >= 4 is 28.6 Å². The maximum atomic E-state index is 12.5. The molecule has 0 fully saturated rings. The van der Waals surface area contributed by atoms with Crippen LogP contribution in [0.25, 0.3) is 22.4 Å². The molecule has 28 heavy (non-hydrogen) atoms. The summed E-state index contributed by atoms with van der Waals surface area (Å²) in [6.07, 6.45) is 1.77. The van der Waals surface area contributed by atoms with Crippen molar-refractivity contribution in [2.75, 3.05) is 17.7 Å². The number of benzene rings is 2. The molecular formula is C20H18N6O2. The average Bonchev–Trinajstić information content (AvgIpc) is 3.09. The van der Waals surface area contributed by atoms with Crippen molar-refractivity contribution in [3.63, 3.8) is 0 Å². The van der Waals surface area contributed by atoms with Gasteiger partial charge in [0.25, 0.3) is 0 Å². The van der Waals surface area contributed by atoms with Crippen molar-refractivity contribution in [2.24, 2.45) is 7.05 Å². The van der Waals surface area contributed by atoms with Gasteiger partial charge in [0, 0.05) is 24.5 Å². The minimum Gasteiger partial charge on any atom is -0.497 e. The Balaban J connectivity index is 1.64. The Kier molecular flexibility index (Phi) is 4.59. The second-order valence-corrected chi connectivity index (χ2v) is 6.11. The van der Waals surface area contributed by atoms with Crippen LogP contribution in [-0.2, 0) is 7.05 Å². The Morgan fingerprint density at radius 2 is 1.75 bits per heavy atom. The number of carbonyl (C=O) groups excluding carboxylic acids is 1. The first-order chi connectivity index (χ1) is 13.6. The number of methoxy groups -OCH3 is 1. The minimum atomic E-state index is -0.409. The van der Waals surface area contributed by atoms with Crippen molar-refractivity contribution in [3.8, 4) is 17.1 Å². The van der Waals surface area contributed by atoms with Crippen LogP contribution in [0.2, 0.25) is 0 Å². The van der Waals surface area contributed by atoms with E-state index < -0.39 is 6.03 Å². The smallest absolute Gasteiger partial charge is 0.324 e. The minimum absolute atomic E-state index is 0.392. The van der Waals surface area contributed by atoms with Crippen molar-refractivity contribution in [2.45, 2.75) is 0 Å². The van der Waals surface area contributed by atoms with Crippen molar-refractivity contribution in [1.29, 1.82) is 0 Å². The molecule has 0 radical (unpaired) electrons. The number of urea groups is 1. The molecule has 2 heterocycles. The molecule has 8 nitrogen and oxygen atoms in total. The number of hydrogen-bond acceptors (Lipinski definition) is 5. The molecular weight excluding hydrogens is 356 g/mol. The molecule has 2 N–H and O–H groups in total. The first-order valence-corrected chi connectivity index (χ1v) is 8.61. The Morgan fingerprint density at radius 3 is 2.46 bits per heavy atom. The Morgan fingerprint density at radius 1 is 1.00 bits per heavy atom. The Hall–Kier alpha value is -3.94. The molecule has 2 amide bonds. The lowest BCUT2D eigenvalue weighted by Crippen LogP contribution is -2.20. The number of hydrogen-bond donors (Lipinski definition) is 2. The highest BCUT2D eigenvalue weighted by atomic mass is 16.5. The third-order valence-corrected chi connectivity index (χ3v) is 4.11. The van der Waals surface area contributed by atoms with E-state index in [-0.39, 0.29) is 0 Å². The zero-order valence-corrected chi connectivity index (χ0v) is 15.4. The summed E-state index contributed by atoms with van der Waals surface area (Å²) < 4.78 is 6.76. The van der Waals surface area contributed by atoms with Gasteiger partial charge < -0.3 is 10.1 Å². The molecule has 0 aliphatic rings. The molecule has 4 rings (SSSR count). The van der Waals surface area contributed by atoms with Crippen LogP contribution in [0.3, 0.4) is 0 Å². The van der Waals surface area contributed by atoms with E-state index in [9.17, 15) is 4.79 Å². The number of nitrogens with zero attached hydrogens (tertiary/aromatic N) is 4. The zero-order chi connectivity index (χ0) is 19.5.